The minimum absolute atomic E-state index is 0. The molecule has 0 saturated heterocycles. The molecular weight excluding hydrogens is 99.1 g/mol. The van der Waals surface area contributed by atoms with E-state index in [2.05, 4.69) is 0 Å². The summed E-state index contributed by atoms with van der Waals surface area (Å²) in [4.78, 5) is 0. The Kier molecular flexibility index (Phi) is 14.0. The van der Waals surface area contributed by atoms with Crippen LogP contribution in [-0.4, -0.2) is 29.4 Å². The van der Waals surface area contributed by atoms with E-state index >= 15 is 0 Å². The van der Waals surface area contributed by atoms with Crippen LogP contribution in [0.5, 0.6) is 0 Å². The highest BCUT2D eigenvalue weighted by Crippen LogP contribution is 1.72. The summed E-state index contributed by atoms with van der Waals surface area (Å²) >= 11 is 0. The molecule has 0 atom stereocenters. The van der Waals surface area contributed by atoms with E-state index in [9.17, 15) is 4.39 Å². The van der Waals surface area contributed by atoms with Gasteiger partial charge in [0.15, 0.2) is 0 Å². The maximum Gasteiger partial charge on any atom is 0.0916 e. The first-order chi connectivity index (χ1) is 2.41. The Balaban J connectivity index is 0. The van der Waals surface area contributed by atoms with Gasteiger partial charge in [0.2, 0.25) is 0 Å². The molecule has 0 spiro atoms. The van der Waals surface area contributed by atoms with Crippen LogP contribution < -0.4 is 0 Å². The van der Waals surface area contributed by atoms with Gasteiger partial charge in [-0.3, -0.25) is 4.39 Å². The van der Waals surface area contributed by atoms with Gasteiger partial charge < -0.3 is 5.11 Å². The summed E-state index contributed by atoms with van der Waals surface area (Å²) in [7, 11) is 0. The largest absolute Gasteiger partial charge is 0.396 e. The third-order valence-electron chi connectivity index (χ3n) is 0.292. The first-order valence-electron chi connectivity index (χ1n) is 1.58. The minimum atomic E-state index is -0.406. The Hall–Kier alpha value is 0.107. The topological polar surface area (TPSA) is 20.2 Å². The number of halogens is 1. The van der Waals surface area contributed by atoms with E-state index in [1.165, 1.54) is 0 Å². The number of hydrogen-bond acceptors (Lipinski definition) is 1. The van der Waals surface area contributed by atoms with Crippen molar-refractivity contribution in [2.45, 2.75) is 6.42 Å². The molecule has 0 aromatic heterocycles. The van der Waals surface area contributed by atoms with E-state index in [1.807, 2.05) is 0 Å². The molecule has 0 heterocycles. The number of alkyl halides is 1. The van der Waals surface area contributed by atoms with Crippen LogP contribution in [-0.2, 0) is 0 Å². The maximum atomic E-state index is 10.8. The molecule has 1 N–H and O–H groups in total. The van der Waals surface area contributed by atoms with Crippen LogP contribution in [0.15, 0.2) is 0 Å². The van der Waals surface area contributed by atoms with Gasteiger partial charge in [-0.2, -0.15) is 0 Å². The second-order valence-electron chi connectivity index (χ2n) is 0.766. The van der Waals surface area contributed by atoms with Crippen LogP contribution in [0.1, 0.15) is 6.42 Å². The molecule has 0 fully saturated rings. The summed E-state index contributed by atoms with van der Waals surface area (Å²) in [6.45, 7) is -0.438. The smallest absolute Gasteiger partial charge is 0.0916 e. The van der Waals surface area contributed by atoms with E-state index in [-0.39, 0.29) is 24.0 Å². The van der Waals surface area contributed by atoms with E-state index in [0.717, 1.165) is 0 Å². The van der Waals surface area contributed by atoms with Gasteiger partial charge in [0.25, 0.3) is 0 Å². The maximum absolute atomic E-state index is 10.8. The number of aliphatic hydroxyl groups excluding tert-OH is 1. The van der Waals surface area contributed by atoms with Crippen molar-refractivity contribution in [3.8, 4) is 0 Å². The fourth-order valence-electron chi connectivity index (χ4n) is 0.0598. The molecule has 0 aromatic rings. The van der Waals surface area contributed by atoms with E-state index in [4.69, 9.17) is 5.11 Å². The van der Waals surface area contributed by atoms with Crippen molar-refractivity contribution in [2.24, 2.45) is 0 Å². The zero-order valence-corrected chi connectivity index (χ0v) is 4.45. The lowest BCUT2D eigenvalue weighted by Gasteiger charge is -1.76. The van der Waals surface area contributed by atoms with Crippen LogP contribution in [0.3, 0.4) is 0 Å². The lowest BCUT2D eigenvalue weighted by atomic mass is 10.5. The van der Waals surface area contributed by atoms with E-state index in [0.29, 0.717) is 0 Å². The van der Waals surface area contributed by atoms with Gasteiger partial charge in [0.05, 0.1) is 6.67 Å². The molecule has 0 rings (SSSR count). The molecule has 0 saturated carbocycles. The Morgan fingerprint density at radius 3 is 2.00 bits per heavy atom. The second kappa shape index (κ2) is 8.92. The van der Waals surface area contributed by atoms with Crippen LogP contribution >= 0.6 is 0 Å². The molecular formula is C3H7FOSi. The zero-order valence-electron chi connectivity index (χ0n) is 3.45. The highest BCUT2D eigenvalue weighted by molar-refractivity contribution is 5.75. The third-order valence-corrected chi connectivity index (χ3v) is 0.292. The van der Waals surface area contributed by atoms with Gasteiger partial charge >= 0.3 is 0 Å². The predicted octanol–water partition coefficient (Wildman–Crippen LogP) is -0.0425. The van der Waals surface area contributed by atoms with Gasteiger partial charge in [-0.25, -0.2) is 0 Å². The van der Waals surface area contributed by atoms with Crippen LogP contribution in [0.2, 0.25) is 0 Å². The van der Waals surface area contributed by atoms with Crippen molar-refractivity contribution in [2.75, 3.05) is 13.3 Å². The Bertz CT molecular complexity index is 18.3. The Morgan fingerprint density at radius 1 is 1.50 bits per heavy atom. The SMILES string of the molecule is OCCCF.[Si]. The molecule has 1 nitrogen and oxygen atoms in total. The van der Waals surface area contributed by atoms with Gasteiger partial charge in [-0.05, 0) is 6.42 Å². The first kappa shape index (κ1) is 9.44. The summed E-state index contributed by atoms with van der Waals surface area (Å²) in [6.07, 6.45) is 0.278. The molecule has 0 aliphatic rings. The van der Waals surface area contributed by atoms with Crippen LogP contribution in [0, 0.1) is 0 Å². The van der Waals surface area contributed by atoms with Crippen LogP contribution in [0.4, 0.5) is 4.39 Å². The van der Waals surface area contributed by atoms with Gasteiger partial charge in [-0.1, -0.05) is 0 Å². The van der Waals surface area contributed by atoms with Crippen molar-refractivity contribution in [3.63, 3.8) is 0 Å². The molecule has 0 bridgehead atoms. The zero-order chi connectivity index (χ0) is 4.12. The van der Waals surface area contributed by atoms with Gasteiger partial charge in [0, 0.05) is 17.6 Å². The third kappa shape index (κ3) is 8.93. The quantitative estimate of drug-likeness (QED) is 0.490. The summed E-state index contributed by atoms with van der Waals surface area (Å²) in [5, 5.41) is 7.83. The lowest BCUT2D eigenvalue weighted by molar-refractivity contribution is 0.269. The normalized spacial score (nSPS) is 7.00. The average Bonchev–Trinajstić information content (AvgIpc) is 1.41. The summed E-state index contributed by atoms with van der Waals surface area (Å²) < 4.78 is 10.8. The van der Waals surface area contributed by atoms with Crippen molar-refractivity contribution < 1.29 is 9.50 Å². The minimum Gasteiger partial charge on any atom is -0.396 e. The second-order valence-corrected chi connectivity index (χ2v) is 0.766. The molecule has 0 aromatic carbocycles. The Labute approximate surface area is 41.2 Å². The molecule has 0 aliphatic carbocycles. The average molecular weight is 106 g/mol. The monoisotopic (exact) mass is 106 g/mol. The molecule has 0 aliphatic heterocycles. The molecule has 6 heavy (non-hydrogen) atoms. The van der Waals surface area contributed by atoms with Crippen molar-refractivity contribution >= 4 is 11.0 Å². The lowest BCUT2D eigenvalue weighted by Crippen LogP contribution is -1.80. The molecule has 0 unspecified atom stereocenters. The fourth-order valence-corrected chi connectivity index (χ4v) is 0.0598. The standard InChI is InChI=1S/C3H7FO.Si/c4-2-1-3-5;/h5H,1-3H2;. The van der Waals surface area contributed by atoms with E-state index in [1.54, 1.807) is 0 Å². The number of hydrogen-bond donors (Lipinski definition) is 1. The molecule has 3 heteroatoms. The summed E-state index contributed by atoms with van der Waals surface area (Å²) in [6, 6.07) is 0. The highest BCUT2D eigenvalue weighted by Gasteiger charge is 1.72. The predicted molar refractivity (Wildman–Crippen MR) is 23.4 cm³/mol. The van der Waals surface area contributed by atoms with Crippen molar-refractivity contribution in [1.82, 2.24) is 0 Å². The number of aliphatic hydroxyl groups is 1. The van der Waals surface area contributed by atoms with E-state index < -0.39 is 6.67 Å². The van der Waals surface area contributed by atoms with Gasteiger partial charge in [-0.15, -0.1) is 0 Å². The highest BCUT2D eigenvalue weighted by atomic mass is 28.1. The summed E-state index contributed by atoms with van der Waals surface area (Å²) in [5.74, 6) is 0. The van der Waals surface area contributed by atoms with Crippen molar-refractivity contribution in [3.05, 3.63) is 0 Å². The molecule has 36 valence electrons. The number of rotatable bonds is 2. The fraction of sp³-hybridized carbons (Fsp3) is 1.00. The summed E-state index contributed by atoms with van der Waals surface area (Å²) in [5.41, 5.74) is 0. The molecule has 0 amide bonds. The van der Waals surface area contributed by atoms with Crippen molar-refractivity contribution in [1.29, 1.82) is 0 Å². The Morgan fingerprint density at radius 2 is 2.00 bits per heavy atom. The first-order valence-corrected chi connectivity index (χ1v) is 1.58. The van der Waals surface area contributed by atoms with Gasteiger partial charge in [0.1, 0.15) is 0 Å². The molecule has 4 radical (unpaired) electrons. The van der Waals surface area contributed by atoms with Crippen LogP contribution in [0.25, 0.3) is 0 Å².